The van der Waals surface area contributed by atoms with Crippen molar-refractivity contribution in [2.75, 3.05) is 0 Å². The van der Waals surface area contributed by atoms with E-state index in [1.807, 2.05) is 27.7 Å². The van der Waals surface area contributed by atoms with Crippen molar-refractivity contribution in [3.8, 4) is 0 Å². The molecule has 0 spiro atoms. The first-order chi connectivity index (χ1) is 7.87. The van der Waals surface area contributed by atoms with E-state index in [0.717, 1.165) is 0 Å². The first-order valence-corrected chi connectivity index (χ1v) is 6.38. The van der Waals surface area contributed by atoms with Gasteiger partial charge in [0.05, 0.1) is 22.5 Å². The number of aliphatic hydroxyl groups excluding tert-OH is 1. The highest BCUT2D eigenvalue weighted by Crippen LogP contribution is 2.36. The summed E-state index contributed by atoms with van der Waals surface area (Å²) in [5.74, 6) is 0. The summed E-state index contributed by atoms with van der Waals surface area (Å²) in [5, 5.41) is 25.2. The van der Waals surface area contributed by atoms with Crippen molar-refractivity contribution in [3.63, 3.8) is 0 Å². The lowest BCUT2D eigenvalue weighted by Gasteiger charge is -2.32. The van der Waals surface area contributed by atoms with E-state index in [4.69, 9.17) is 11.6 Å². The molecular formula is C12H21ClN2O2. The summed E-state index contributed by atoms with van der Waals surface area (Å²) in [7, 11) is 0. The number of rotatable bonds is 5. The Morgan fingerprint density at radius 1 is 1.41 bits per heavy atom. The molecule has 1 rings (SSSR count). The molecule has 0 saturated heterocycles. The van der Waals surface area contributed by atoms with Gasteiger partial charge in [0.1, 0.15) is 6.10 Å². The van der Waals surface area contributed by atoms with Crippen molar-refractivity contribution in [1.82, 2.24) is 9.78 Å². The quantitative estimate of drug-likeness (QED) is 0.856. The molecule has 0 aromatic carbocycles. The van der Waals surface area contributed by atoms with Gasteiger partial charge in [0, 0.05) is 6.04 Å². The van der Waals surface area contributed by atoms with E-state index in [0.29, 0.717) is 23.6 Å². The van der Waals surface area contributed by atoms with Crippen LogP contribution in [0.4, 0.5) is 0 Å². The van der Waals surface area contributed by atoms with Gasteiger partial charge in [0.2, 0.25) is 0 Å². The molecule has 0 radical (unpaired) electrons. The van der Waals surface area contributed by atoms with Gasteiger partial charge in [-0.3, -0.25) is 4.68 Å². The third-order valence-electron chi connectivity index (χ3n) is 3.27. The summed E-state index contributed by atoms with van der Waals surface area (Å²) in [4.78, 5) is 0. The van der Waals surface area contributed by atoms with E-state index in [2.05, 4.69) is 5.10 Å². The number of halogens is 1. The Bertz CT molecular complexity index is 373. The fourth-order valence-electron chi connectivity index (χ4n) is 1.91. The normalized spacial score (nSPS) is 14.4. The molecule has 0 saturated carbocycles. The first-order valence-electron chi connectivity index (χ1n) is 6.00. The largest absolute Gasteiger partial charge is 0.387 e. The first kappa shape index (κ1) is 14.5. The number of nitrogens with zero attached hydrogens (tertiary/aromatic N) is 2. The highest BCUT2D eigenvalue weighted by molar-refractivity contribution is 6.31. The van der Waals surface area contributed by atoms with Crippen molar-refractivity contribution in [2.45, 2.75) is 58.3 Å². The molecule has 1 atom stereocenters. The van der Waals surface area contributed by atoms with E-state index in [1.54, 1.807) is 4.68 Å². The number of hydrogen-bond donors (Lipinski definition) is 2. The second-order valence-electron chi connectivity index (χ2n) is 4.63. The number of aliphatic hydroxyl groups is 2. The highest BCUT2D eigenvalue weighted by Gasteiger charge is 2.37. The minimum atomic E-state index is -1.16. The van der Waals surface area contributed by atoms with Crippen LogP contribution < -0.4 is 0 Å². The summed E-state index contributed by atoms with van der Waals surface area (Å²) < 4.78 is 1.66. The zero-order valence-electron chi connectivity index (χ0n) is 10.8. The Morgan fingerprint density at radius 2 is 1.94 bits per heavy atom. The van der Waals surface area contributed by atoms with Crippen molar-refractivity contribution in [2.24, 2.45) is 0 Å². The van der Waals surface area contributed by atoms with Gasteiger partial charge in [-0.2, -0.15) is 5.10 Å². The molecule has 0 aliphatic heterocycles. The predicted octanol–water partition coefficient (Wildman–Crippen LogP) is 2.70. The van der Waals surface area contributed by atoms with Crippen LogP contribution in [0.5, 0.6) is 0 Å². The maximum Gasteiger partial charge on any atom is 0.126 e. The van der Waals surface area contributed by atoms with E-state index in [-0.39, 0.29) is 6.04 Å². The van der Waals surface area contributed by atoms with Gasteiger partial charge in [-0.05, 0) is 26.7 Å². The summed E-state index contributed by atoms with van der Waals surface area (Å²) in [5.41, 5.74) is -0.663. The Morgan fingerprint density at radius 3 is 2.35 bits per heavy atom. The SMILES string of the molecule is CCC(O)(CC)C(O)c1c(Cl)cnn1C(C)C. The lowest BCUT2D eigenvalue weighted by molar-refractivity contribution is -0.0858. The van der Waals surface area contributed by atoms with Crippen LogP contribution in [0, 0.1) is 0 Å². The lowest BCUT2D eigenvalue weighted by Crippen LogP contribution is -2.36. The fraction of sp³-hybridized carbons (Fsp3) is 0.750. The van der Waals surface area contributed by atoms with Gasteiger partial charge in [-0.1, -0.05) is 25.4 Å². The molecule has 0 amide bonds. The smallest absolute Gasteiger partial charge is 0.126 e. The number of hydrogen-bond acceptors (Lipinski definition) is 3. The molecule has 5 heteroatoms. The van der Waals surface area contributed by atoms with Crippen molar-refractivity contribution >= 4 is 11.6 Å². The monoisotopic (exact) mass is 260 g/mol. The summed E-state index contributed by atoms with van der Waals surface area (Å²) >= 11 is 6.05. The van der Waals surface area contributed by atoms with Gasteiger partial charge in [0.25, 0.3) is 0 Å². The van der Waals surface area contributed by atoms with E-state index in [1.165, 1.54) is 6.20 Å². The van der Waals surface area contributed by atoms with E-state index < -0.39 is 11.7 Å². The van der Waals surface area contributed by atoms with Crippen LogP contribution in [0.2, 0.25) is 5.02 Å². The van der Waals surface area contributed by atoms with Crippen LogP contribution in [0.25, 0.3) is 0 Å². The maximum atomic E-state index is 10.3. The molecular weight excluding hydrogens is 240 g/mol. The molecule has 0 aliphatic rings. The van der Waals surface area contributed by atoms with Crippen LogP contribution >= 0.6 is 11.6 Å². The van der Waals surface area contributed by atoms with E-state index >= 15 is 0 Å². The molecule has 1 unspecified atom stereocenters. The predicted molar refractivity (Wildman–Crippen MR) is 68.1 cm³/mol. The maximum absolute atomic E-state index is 10.3. The minimum Gasteiger partial charge on any atom is -0.387 e. The van der Waals surface area contributed by atoms with Crippen LogP contribution in [0.15, 0.2) is 6.20 Å². The van der Waals surface area contributed by atoms with Crippen LogP contribution in [-0.4, -0.2) is 25.6 Å². The topological polar surface area (TPSA) is 58.3 Å². The van der Waals surface area contributed by atoms with Crippen molar-refractivity contribution in [3.05, 3.63) is 16.9 Å². The standard InChI is InChI=1S/C12H21ClN2O2/c1-5-12(17,6-2)11(16)10-9(13)7-14-15(10)8(3)4/h7-8,11,16-17H,5-6H2,1-4H3. The molecule has 1 heterocycles. The zero-order chi connectivity index (χ0) is 13.2. The second kappa shape index (κ2) is 5.38. The molecule has 0 bridgehead atoms. The van der Waals surface area contributed by atoms with Gasteiger partial charge in [0.15, 0.2) is 0 Å². The molecule has 0 fully saturated rings. The molecule has 17 heavy (non-hydrogen) atoms. The summed E-state index contributed by atoms with van der Waals surface area (Å²) in [6.07, 6.45) is 1.41. The van der Waals surface area contributed by atoms with Gasteiger partial charge >= 0.3 is 0 Å². The average Bonchev–Trinajstić information content (AvgIpc) is 2.69. The molecule has 2 N–H and O–H groups in total. The number of aromatic nitrogens is 2. The lowest BCUT2D eigenvalue weighted by atomic mass is 9.88. The van der Waals surface area contributed by atoms with Crippen LogP contribution in [0.1, 0.15) is 58.4 Å². The highest BCUT2D eigenvalue weighted by atomic mass is 35.5. The van der Waals surface area contributed by atoms with E-state index in [9.17, 15) is 10.2 Å². The summed E-state index contributed by atoms with van der Waals surface area (Å²) in [6, 6.07) is 0.0881. The average molecular weight is 261 g/mol. The van der Waals surface area contributed by atoms with Crippen LogP contribution in [-0.2, 0) is 0 Å². The van der Waals surface area contributed by atoms with Gasteiger partial charge < -0.3 is 10.2 Å². The third kappa shape index (κ3) is 2.64. The zero-order valence-corrected chi connectivity index (χ0v) is 11.6. The Balaban J connectivity index is 3.19. The molecule has 1 aromatic rings. The van der Waals surface area contributed by atoms with Crippen molar-refractivity contribution < 1.29 is 10.2 Å². The fourth-order valence-corrected chi connectivity index (χ4v) is 2.14. The Kier molecular flexibility index (Phi) is 4.58. The molecule has 4 nitrogen and oxygen atoms in total. The molecule has 0 aliphatic carbocycles. The Labute approximate surface area is 107 Å². The molecule has 1 aromatic heterocycles. The molecule has 98 valence electrons. The van der Waals surface area contributed by atoms with Gasteiger partial charge in [-0.25, -0.2) is 0 Å². The Hall–Kier alpha value is -0.580. The third-order valence-corrected chi connectivity index (χ3v) is 3.56. The minimum absolute atomic E-state index is 0.0881. The van der Waals surface area contributed by atoms with Crippen molar-refractivity contribution in [1.29, 1.82) is 0 Å². The summed E-state index contributed by atoms with van der Waals surface area (Å²) in [6.45, 7) is 7.60. The van der Waals surface area contributed by atoms with Gasteiger partial charge in [-0.15, -0.1) is 0 Å². The van der Waals surface area contributed by atoms with Crippen LogP contribution in [0.3, 0.4) is 0 Å². The second-order valence-corrected chi connectivity index (χ2v) is 5.04.